The van der Waals surface area contributed by atoms with Crippen LogP contribution in [0.5, 0.6) is 5.75 Å². The first kappa shape index (κ1) is 21.5. The molecule has 0 radical (unpaired) electrons. The molecule has 0 aliphatic heterocycles. The van der Waals surface area contributed by atoms with Crippen molar-refractivity contribution in [2.45, 2.75) is 25.4 Å². The SMILES string of the molecule is CC(Oc1cc(-c2cnc3nc(C(F)(F)F)cnn23)ccc1F)c1cn[nH]c1C(F)(F)F. The van der Waals surface area contributed by atoms with Gasteiger partial charge in [0.05, 0.1) is 24.3 Å². The average molecular weight is 460 g/mol. The molecular formula is C18H11F7N6O. The molecule has 7 nitrogen and oxygen atoms in total. The number of nitrogens with one attached hydrogen (secondary N) is 1. The number of fused-ring (bicyclic) bond motifs is 1. The minimum atomic E-state index is -4.71. The van der Waals surface area contributed by atoms with Gasteiger partial charge in [-0.15, -0.1) is 0 Å². The van der Waals surface area contributed by atoms with E-state index in [0.29, 0.717) is 6.20 Å². The molecule has 168 valence electrons. The smallest absolute Gasteiger partial charge is 0.435 e. The number of aromatic nitrogens is 6. The summed E-state index contributed by atoms with van der Waals surface area (Å²) >= 11 is 0. The van der Waals surface area contributed by atoms with E-state index in [1.165, 1.54) is 25.3 Å². The van der Waals surface area contributed by atoms with Crippen LogP contribution in [0.15, 0.2) is 36.8 Å². The van der Waals surface area contributed by atoms with Crippen LogP contribution in [0.25, 0.3) is 17.0 Å². The third-order valence-electron chi connectivity index (χ3n) is 4.45. The lowest BCUT2D eigenvalue weighted by Crippen LogP contribution is -2.13. The third kappa shape index (κ3) is 3.94. The molecule has 0 spiro atoms. The van der Waals surface area contributed by atoms with Crippen LogP contribution < -0.4 is 4.74 Å². The van der Waals surface area contributed by atoms with Gasteiger partial charge in [-0.3, -0.25) is 5.10 Å². The molecule has 1 aromatic carbocycles. The van der Waals surface area contributed by atoms with E-state index in [0.717, 1.165) is 16.8 Å². The Bertz CT molecular complexity index is 1280. The number of ether oxygens (including phenoxy) is 1. The van der Waals surface area contributed by atoms with Crippen LogP contribution in [0.3, 0.4) is 0 Å². The Kier molecular flexibility index (Phi) is 5.02. The largest absolute Gasteiger partial charge is 0.483 e. The minimum absolute atomic E-state index is 0.165. The highest BCUT2D eigenvalue weighted by molar-refractivity contribution is 5.63. The molecule has 0 bridgehead atoms. The number of hydrogen-bond donors (Lipinski definition) is 1. The van der Waals surface area contributed by atoms with E-state index in [2.05, 4.69) is 20.2 Å². The van der Waals surface area contributed by atoms with Crippen LogP contribution in [0.2, 0.25) is 0 Å². The van der Waals surface area contributed by atoms with Gasteiger partial charge in [0.15, 0.2) is 17.3 Å². The molecular weight excluding hydrogens is 449 g/mol. The van der Waals surface area contributed by atoms with Gasteiger partial charge in [0.2, 0.25) is 0 Å². The molecule has 0 saturated heterocycles. The second-order valence-electron chi connectivity index (χ2n) is 6.60. The number of benzene rings is 1. The van der Waals surface area contributed by atoms with Crippen LogP contribution in [-0.4, -0.2) is 29.8 Å². The number of aromatic amines is 1. The summed E-state index contributed by atoms with van der Waals surface area (Å²) < 4.78 is 98.3. The fourth-order valence-corrected chi connectivity index (χ4v) is 2.95. The maximum atomic E-state index is 14.3. The van der Waals surface area contributed by atoms with E-state index in [1.54, 1.807) is 0 Å². The Morgan fingerprint density at radius 3 is 2.47 bits per heavy atom. The Balaban J connectivity index is 1.67. The molecule has 0 aliphatic carbocycles. The molecule has 1 atom stereocenters. The first-order chi connectivity index (χ1) is 14.9. The van der Waals surface area contributed by atoms with Gasteiger partial charge in [-0.1, -0.05) is 0 Å². The second-order valence-corrected chi connectivity index (χ2v) is 6.60. The van der Waals surface area contributed by atoms with Gasteiger partial charge in [0.25, 0.3) is 5.78 Å². The van der Waals surface area contributed by atoms with Crippen molar-refractivity contribution < 1.29 is 35.5 Å². The monoisotopic (exact) mass is 460 g/mol. The zero-order valence-corrected chi connectivity index (χ0v) is 15.8. The van der Waals surface area contributed by atoms with Gasteiger partial charge >= 0.3 is 12.4 Å². The predicted octanol–water partition coefficient (Wildman–Crippen LogP) is 4.83. The summed E-state index contributed by atoms with van der Waals surface area (Å²) in [7, 11) is 0. The summed E-state index contributed by atoms with van der Waals surface area (Å²) in [5.74, 6) is -1.60. The van der Waals surface area contributed by atoms with E-state index < -0.39 is 35.7 Å². The summed E-state index contributed by atoms with van der Waals surface area (Å²) in [5, 5.41) is 8.88. The summed E-state index contributed by atoms with van der Waals surface area (Å²) in [6.07, 6.45) is -8.05. The topological polar surface area (TPSA) is 81.0 Å². The quantitative estimate of drug-likeness (QED) is 0.442. The van der Waals surface area contributed by atoms with E-state index in [1.807, 2.05) is 5.10 Å². The van der Waals surface area contributed by atoms with E-state index >= 15 is 0 Å². The number of H-pyrrole nitrogens is 1. The number of nitrogens with zero attached hydrogens (tertiary/aromatic N) is 5. The summed E-state index contributed by atoms with van der Waals surface area (Å²) in [4.78, 5) is 7.17. The standard InChI is InChI=1S/C18H11F7N6O/c1-8(10-5-27-30-15(10)18(23,24)25)32-13-4-9(2-3-11(13)19)12-6-26-16-29-14(17(20,21)22)7-28-31(12)16/h2-8H,1H3,(H,27,30). The van der Waals surface area contributed by atoms with Gasteiger partial charge < -0.3 is 4.74 Å². The predicted molar refractivity (Wildman–Crippen MR) is 93.8 cm³/mol. The van der Waals surface area contributed by atoms with Crippen LogP contribution in [-0.2, 0) is 12.4 Å². The average Bonchev–Trinajstić information content (AvgIpc) is 3.35. The Morgan fingerprint density at radius 2 is 1.78 bits per heavy atom. The lowest BCUT2D eigenvalue weighted by Gasteiger charge is -2.17. The number of imidazole rings is 1. The molecule has 4 rings (SSSR count). The molecule has 0 saturated carbocycles. The molecule has 14 heteroatoms. The first-order valence-corrected chi connectivity index (χ1v) is 8.80. The molecule has 0 fully saturated rings. The zero-order chi connectivity index (χ0) is 23.3. The molecule has 3 aromatic heterocycles. The Morgan fingerprint density at radius 1 is 1.03 bits per heavy atom. The first-order valence-electron chi connectivity index (χ1n) is 8.80. The fourth-order valence-electron chi connectivity index (χ4n) is 2.95. The van der Waals surface area contributed by atoms with E-state index in [4.69, 9.17) is 4.74 Å². The van der Waals surface area contributed by atoms with E-state index in [-0.39, 0.29) is 28.3 Å². The molecule has 0 aliphatic rings. The molecule has 0 amide bonds. The van der Waals surface area contributed by atoms with Crippen molar-refractivity contribution in [2.24, 2.45) is 0 Å². The maximum Gasteiger partial charge on any atom is 0.435 e. The van der Waals surface area contributed by atoms with Crippen molar-refractivity contribution in [3.63, 3.8) is 0 Å². The van der Waals surface area contributed by atoms with Gasteiger partial charge in [-0.2, -0.15) is 41.1 Å². The molecule has 3 heterocycles. The van der Waals surface area contributed by atoms with Crippen LogP contribution in [0.1, 0.15) is 30.0 Å². The minimum Gasteiger partial charge on any atom is -0.483 e. The van der Waals surface area contributed by atoms with Gasteiger partial charge in [0.1, 0.15) is 11.8 Å². The Labute approximate surface area is 173 Å². The van der Waals surface area contributed by atoms with Gasteiger partial charge in [-0.05, 0) is 25.1 Å². The highest BCUT2D eigenvalue weighted by Gasteiger charge is 2.37. The zero-order valence-electron chi connectivity index (χ0n) is 15.8. The van der Waals surface area contributed by atoms with Crippen molar-refractivity contribution in [2.75, 3.05) is 0 Å². The van der Waals surface area contributed by atoms with Crippen LogP contribution >= 0.6 is 0 Å². The normalized spacial score (nSPS) is 13.5. The number of hydrogen-bond acceptors (Lipinski definition) is 5. The fraction of sp³-hybridized carbons (Fsp3) is 0.222. The highest BCUT2D eigenvalue weighted by Crippen LogP contribution is 2.36. The third-order valence-corrected chi connectivity index (χ3v) is 4.45. The van der Waals surface area contributed by atoms with Gasteiger partial charge in [-0.25, -0.2) is 14.4 Å². The number of rotatable bonds is 4. The number of halogens is 7. The van der Waals surface area contributed by atoms with Crippen molar-refractivity contribution in [3.05, 3.63) is 59.6 Å². The Hall–Kier alpha value is -3.71. The molecule has 1 N–H and O–H groups in total. The van der Waals surface area contributed by atoms with Crippen LogP contribution in [0.4, 0.5) is 30.7 Å². The summed E-state index contributed by atoms with van der Waals surface area (Å²) in [6.45, 7) is 1.28. The van der Waals surface area contributed by atoms with Gasteiger partial charge in [0, 0.05) is 11.1 Å². The second kappa shape index (κ2) is 7.46. The van der Waals surface area contributed by atoms with E-state index in [9.17, 15) is 30.7 Å². The van der Waals surface area contributed by atoms with Crippen molar-refractivity contribution in [3.8, 4) is 17.0 Å². The van der Waals surface area contributed by atoms with Crippen LogP contribution in [0, 0.1) is 5.82 Å². The summed E-state index contributed by atoms with van der Waals surface area (Å²) in [5.41, 5.74) is -2.29. The molecule has 32 heavy (non-hydrogen) atoms. The molecule has 1 unspecified atom stereocenters. The summed E-state index contributed by atoms with van der Waals surface area (Å²) in [6, 6.07) is 3.45. The van der Waals surface area contributed by atoms with Crippen molar-refractivity contribution in [1.82, 2.24) is 29.8 Å². The maximum absolute atomic E-state index is 14.3. The molecule has 4 aromatic rings. The van der Waals surface area contributed by atoms with Crippen molar-refractivity contribution in [1.29, 1.82) is 0 Å². The van der Waals surface area contributed by atoms with Crippen molar-refractivity contribution >= 4 is 5.78 Å². The lowest BCUT2D eigenvalue weighted by atomic mass is 10.1. The lowest BCUT2D eigenvalue weighted by molar-refractivity contribution is -0.142. The number of alkyl halides is 6. The highest BCUT2D eigenvalue weighted by atomic mass is 19.4.